The average Bonchev–Trinajstić information content (AvgIpc) is 2.78. The predicted molar refractivity (Wildman–Crippen MR) is 118 cm³/mol. The van der Waals surface area contributed by atoms with Gasteiger partial charge < -0.3 is 4.74 Å². The van der Waals surface area contributed by atoms with Crippen molar-refractivity contribution in [2.45, 2.75) is 31.6 Å². The Hall–Kier alpha value is -3.40. The van der Waals surface area contributed by atoms with Crippen LogP contribution in [0.4, 0.5) is 5.69 Å². The SMILES string of the molecule is COc1cccc(C2CC(=O)N(c3ccc4ccccc4c3)C3=C2C(=O)CCC3)c1. The number of hydrogen-bond donors (Lipinski definition) is 0. The Morgan fingerprint density at radius 3 is 2.57 bits per heavy atom. The molecule has 1 unspecified atom stereocenters. The van der Waals surface area contributed by atoms with E-state index in [-0.39, 0.29) is 24.0 Å². The minimum atomic E-state index is -0.216. The molecule has 1 aliphatic carbocycles. The highest BCUT2D eigenvalue weighted by atomic mass is 16.5. The molecule has 30 heavy (non-hydrogen) atoms. The summed E-state index contributed by atoms with van der Waals surface area (Å²) in [6.45, 7) is 0. The first-order chi connectivity index (χ1) is 14.7. The van der Waals surface area contributed by atoms with Gasteiger partial charge in [-0.1, -0.05) is 42.5 Å². The fourth-order valence-electron chi connectivity index (χ4n) is 4.75. The quantitative estimate of drug-likeness (QED) is 0.596. The number of carbonyl (C=O) groups excluding carboxylic acids is 2. The lowest BCUT2D eigenvalue weighted by Crippen LogP contribution is -2.40. The molecule has 1 amide bonds. The van der Waals surface area contributed by atoms with Crippen LogP contribution < -0.4 is 9.64 Å². The fraction of sp³-hybridized carbons (Fsp3) is 0.231. The summed E-state index contributed by atoms with van der Waals surface area (Å²) >= 11 is 0. The highest BCUT2D eigenvalue weighted by Gasteiger charge is 2.39. The van der Waals surface area contributed by atoms with Crippen molar-refractivity contribution in [1.82, 2.24) is 0 Å². The molecule has 0 saturated carbocycles. The minimum absolute atomic E-state index is 0.0338. The van der Waals surface area contributed by atoms with Gasteiger partial charge in [0.25, 0.3) is 0 Å². The molecule has 1 heterocycles. The molecular weight excluding hydrogens is 374 g/mol. The van der Waals surface area contributed by atoms with E-state index in [1.807, 2.05) is 60.7 Å². The molecule has 0 fully saturated rings. The molecule has 5 rings (SSSR count). The van der Waals surface area contributed by atoms with Crippen molar-refractivity contribution in [2.24, 2.45) is 0 Å². The normalized spacial score (nSPS) is 19.2. The van der Waals surface area contributed by atoms with E-state index in [2.05, 4.69) is 6.07 Å². The van der Waals surface area contributed by atoms with E-state index in [0.717, 1.165) is 51.9 Å². The first-order valence-electron chi connectivity index (χ1n) is 10.4. The second-order valence-corrected chi connectivity index (χ2v) is 7.93. The van der Waals surface area contributed by atoms with Gasteiger partial charge in [0.15, 0.2) is 5.78 Å². The third-order valence-corrected chi connectivity index (χ3v) is 6.16. The lowest BCUT2D eigenvalue weighted by atomic mass is 9.77. The van der Waals surface area contributed by atoms with Gasteiger partial charge in [-0.25, -0.2) is 0 Å². The molecule has 2 aliphatic rings. The van der Waals surface area contributed by atoms with Crippen LogP contribution in [0.2, 0.25) is 0 Å². The number of anilines is 1. The van der Waals surface area contributed by atoms with Crippen LogP contribution in [-0.4, -0.2) is 18.8 Å². The summed E-state index contributed by atoms with van der Waals surface area (Å²) in [4.78, 5) is 28.2. The van der Waals surface area contributed by atoms with Crippen molar-refractivity contribution in [2.75, 3.05) is 12.0 Å². The number of ketones is 1. The van der Waals surface area contributed by atoms with Crippen LogP contribution in [-0.2, 0) is 9.59 Å². The summed E-state index contributed by atoms with van der Waals surface area (Å²) in [5.74, 6) is 0.711. The Morgan fingerprint density at radius 2 is 1.73 bits per heavy atom. The molecule has 0 saturated heterocycles. The van der Waals surface area contributed by atoms with Crippen LogP contribution in [0.25, 0.3) is 10.8 Å². The number of nitrogens with zero attached hydrogens (tertiary/aromatic N) is 1. The Morgan fingerprint density at radius 1 is 0.900 bits per heavy atom. The maximum absolute atomic E-state index is 13.4. The van der Waals surface area contributed by atoms with Crippen molar-refractivity contribution in [3.63, 3.8) is 0 Å². The van der Waals surface area contributed by atoms with Gasteiger partial charge in [0.2, 0.25) is 5.91 Å². The lowest BCUT2D eigenvalue weighted by Gasteiger charge is -2.38. The van der Waals surface area contributed by atoms with Crippen LogP contribution in [0.1, 0.15) is 37.2 Å². The number of hydrogen-bond acceptors (Lipinski definition) is 3. The van der Waals surface area contributed by atoms with Crippen LogP contribution in [0.5, 0.6) is 5.75 Å². The van der Waals surface area contributed by atoms with Gasteiger partial charge in [-0.3, -0.25) is 14.5 Å². The van der Waals surface area contributed by atoms with E-state index in [0.29, 0.717) is 6.42 Å². The largest absolute Gasteiger partial charge is 0.497 e. The number of fused-ring (bicyclic) bond motifs is 1. The van der Waals surface area contributed by atoms with Gasteiger partial charge in [0.05, 0.1) is 7.11 Å². The average molecular weight is 397 g/mol. The van der Waals surface area contributed by atoms with Crippen molar-refractivity contribution in [1.29, 1.82) is 0 Å². The van der Waals surface area contributed by atoms with E-state index in [4.69, 9.17) is 4.74 Å². The zero-order valence-corrected chi connectivity index (χ0v) is 16.9. The summed E-state index contributed by atoms with van der Waals surface area (Å²) in [6, 6.07) is 21.9. The number of ether oxygens (including phenoxy) is 1. The molecule has 0 aromatic heterocycles. The number of benzene rings is 3. The molecular formula is C26H23NO3. The van der Waals surface area contributed by atoms with Gasteiger partial charge >= 0.3 is 0 Å². The first kappa shape index (κ1) is 18.6. The molecule has 0 radical (unpaired) electrons. The Balaban J connectivity index is 1.65. The van der Waals surface area contributed by atoms with Gasteiger partial charge in [-0.2, -0.15) is 0 Å². The molecule has 0 N–H and O–H groups in total. The molecule has 1 aliphatic heterocycles. The van der Waals surface area contributed by atoms with E-state index in [1.165, 1.54) is 0 Å². The van der Waals surface area contributed by atoms with E-state index >= 15 is 0 Å². The summed E-state index contributed by atoms with van der Waals surface area (Å²) in [5.41, 5.74) is 3.46. The maximum Gasteiger partial charge on any atom is 0.232 e. The van der Waals surface area contributed by atoms with Crippen molar-refractivity contribution >= 4 is 28.2 Å². The van der Waals surface area contributed by atoms with Crippen LogP contribution in [0.3, 0.4) is 0 Å². The van der Waals surface area contributed by atoms with Crippen LogP contribution >= 0.6 is 0 Å². The van der Waals surface area contributed by atoms with E-state index in [9.17, 15) is 9.59 Å². The van der Waals surface area contributed by atoms with Gasteiger partial charge in [0.1, 0.15) is 5.75 Å². The molecule has 4 heteroatoms. The zero-order chi connectivity index (χ0) is 20.7. The molecule has 0 bridgehead atoms. The fourth-order valence-corrected chi connectivity index (χ4v) is 4.75. The topological polar surface area (TPSA) is 46.6 Å². The zero-order valence-electron chi connectivity index (χ0n) is 16.9. The van der Waals surface area contributed by atoms with Crippen molar-refractivity contribution < 1.29 is 14.3 Å². The molecule has 3 aromatic rings. The number of rotatable bonds is 3. The molecule has 150 valence electrons. The second kappa shape index (κ2) is 7.45. The summed E-state index contributed by atoms with van der Waals surface area (Å²) in [7, 11) is 1.63. The third kappa shape index (κ3) is 3.09. The van der Waals surface area contributed by atoms with E-state index < -0.39 is 0 Å². The number of amides is 1. The highest BCUT2D eigenvalue weighted by molar-refractivity contribution is 6.08. The van der Waals surface area contributed by atoms with Gasteiger partial charge in [-0.15, -0.1) is 0 Å². The second-order valence-electron chi connectivity index (χ2n) is 7.93. The predicted octanol–water partition coefficient (Wildman–Crippen LogP) is 5.38. The molecule has 1 atom stereocenters. The summed E-state index contributed by atoms with van der Waals surface area (Å²) < 4.78 is 5.37. The number of carbonyl (C=O) groups is 2. The minimum Gasteiger partial charge on any atom is -0.497 e. The third-order valence-electron chi connectivity index (χ3n) is 6.16. The Kier molecular flexibility index (Phi) is 4.62. The van der Waals surface area contributed by atoms with Crippen LogP contribution in [0.15, 0.2) is 78.0 Å². The molecule has 3 aromatic carbocycles. The Labute approximate surface area is 175 Å². The lowest BCUT2D eigenvalue weighted by molar-refractivity contribution is -0.119. The van der Waals surface area contributed by atoms with E-state index in [1.54, 1.807) is 12.0 Å². The smallest absolute Gasteiger partial charge is 0.232 e. The number of Topliss-reactive ketones (excluding diaryl/α,β-unsaturated/α-hetero) is 1. The number of methoxy groups -OCH3 is 1. The van der Waals surface area contributed by atoms with Crippen molar-refractivity contribution in [3.8, 4) is 5.75 Å². The van der Waals surface area contributed by atoms with Crippen LogP contribution in [0, 0.1) is 0 Å². The highest BCUT2D eigenvalue weighted by Crippen LogP contribution is 2.44. The van der Waals surface area contributed by atoms with Gasteiger partial charge in [-0.05, 0) is 53.4 Å². The molecule has 4 nitrogen and oxygen atoms in total. The first-order valence-corrected chi connectivity index (χ1v) is 10.4. The number of allylic oxidation sites excluding steroid dienone is 2. The van der Waals surface area contributed by atoms with Gasteiger partial charge in [0, 0.05) is 35.7 Å². The maximum atomic E-state index is 13.4. The van der Waals surface area contributed by atoms with Crippen molar-refractivity contribution in [3.05, 3.63) is 83.6 Å². The Bertz CT molecular complexity index is 1190. The summed E-state index contributed by atoms with van der Waals surface area (Å²) in [6.07, 6.45) is 2.34. The monoisotopic (exact) mass is 397 g/mol. The summed E-state index contributed by atoms with van der Waals surface area (Å²) in [5, 5.41) is 2.22. The molecule has 0 spiro atoms. The standard InChI is InChI=1S/C26H23NO3/c1-30-21-9-4-8-19(15-21)22-16-25(29)27(23-10-5-11-24(28)26(22)23)20-13-12-17-6-2-3-7-18(17)14-20/h2-4,6-9,12-15,22H,5,10-11,16H2,1H3.